The van der Waals surface area contributed by atoms with Crippen molar-refractivity contribution in [3.05, 3.63) is 11.8 Å². The van der Waals surface area contributed by atoms with Crippen molar-refractivity contribution < 1.29 is 0 Å². The van der Waals surface area contributed by atoms with Crippen molar-refractivity contribution in [2.45, 2.75) is 46.0 Å². The predicted octanol–water partition coefficient (Wildman–Crippen LogP) is 2.69. The first-order valence-corrected chi connectivity index (χ1v) is 7.12. The van der Waals surface area contributed by atoms with Crippen molar-refractivity contribution in [3.8, 4) is 0 Å². The number of nitrogens with zero attached hydrogens (tertiary/aromatic N) is 2. The van der Waals surface area contributed by atoms with Gasteiger partial charge in [0.15, 0.2) is 0 Å². The second kappa shape index (κ2) is 8.14. The lowest BCUT2D eigenvalue weighted by Crippen LogP contribution is -2.12. The van der Waals surface area contributed by atoms with Crippen LogP contribution in [0.3, 0.4) is 0 Å². The van der Waals surface area contributed by atoms with Gasteiger partial charge in [0.05, 0.1) is 5.69 Å². The molecule has 0 radical (unpaired) electrons. The number of nitrogens with one attached hydrogen (secondary N) is 1. The molecule has 1 atom stereocenters. The predicted molar refractivity (Wildman–Crippen MR) is 77.7 cm³/mol. The first-order chi connectivity index (χ1) is 8.67. The molecule has 0 saturated carbocycles. The molecule has 18 heavy (non-hydrogen) atoms. The van der Waals surface area contributed by atoms with E-state index in [2.05, 4.69) is 23.4 Å². The third kappa shape index (κ3) is 5.08. The van der Waals surface area contributed by atoms with Crippen LogP contribution < -0.4 is 11.1 Å². The molecule has 1 unspecified atom stereocenters. The van der Waals surface area contributed by atoms with Gasteiger partial charge in [-0.05, 0) is 38.6 Å². The van der Waals surface area contributed by atoms with Gasteiger partial charge in [0.1, 0.15) is 5.82 Å². The van der Waals surface area contributed by atoms with Gasteiger partial charge in [0.2, 0.25) is 0 Å². The molecule has 1 aromatic rings. The number of aryl methyl sites for hydroxylation is 2. The normalized spacial score (nSPS) is 12.7. The molecule has 1 rings (SSSR count). The van der Waals surface area contributed by atoms with Crippen LogP contribution in [-0.2, 0) is 7.05 Å². The summed E-state index contributed by atoms with van der Waals surface area (Å²) in [6.07, 6.45) is 6.21. The highest BCUT2D eigenvalue weighted by atomic mass is 15.3. The lowest BCUT2D eigenvalue weighted by molar-refractivity contribution is 0.413. The molecule has 0 fully saturated rings. The van der Waals surface area contributed by atoms with Gasteiger partial charge in [0, 0.05) is 19.7 Å². The Balaban J connectivity index is 2.22. The van der Waals surface area contributed by atoms with Gasteiger partial charge in [-0.25, -0.2) is 0 Å². The van der Waals surface area contributed by atoms with Gasteiger partial charge in [-0.15, -0.1) is 0 Å². The summed E-state index contributed by atoms with van der Waals surface area (Å²) in [6, 6.07) is 2.09. The van der Waals surface area contributed by atoms with Crippen LogP contribution in [0.25, 0.3) is 0 Å². The number of aromatic nitrogens is 2. The van der Waals surface area contributed by atoms with Crippen LogP contribution in [0.2, 0.25) is 0 Å². The molecule has 0 amide bonds. The summed E-state index contributed by atoms with van der Waals surface area (Å²) < 4.78 is 1.90. The molecular formula is C14H28N4. The summed E-state index contributed by atoms with van der Waals surface area (Å²) >= 11 is 0. The third-order valence-electron chi connectivity index (χ3n) is 3.37. The summed E-state index contributed by atoms with van der Waals surface area (Å²) in [5.74, 6) is 1.91. The quantitative estimate of drug-likeness (QED) is 0.664. The molecule has 0 aliphatic rings. The van der Waals surface area contributed by atoms with E-state index in [0.717, 1.165) is 30.5 Å². The van der Waals surface area contributed by atoms with Crippen molar-refractivity contribution >= 4 is 5.82 Å². The van der Waals surface area contributed by atoms with E-state index < -0.39 is 0 Å². The summed E-state index contributed by atoms with van der Waals surface area (Å²) in [4.78, 5) is 0. The SMILES string of the molecule is CCCC(CCN)CCCNc1cc(C)nn1C. The molecule has 1 aromatic heterocycles. The molecule has 0 saturated heterocycles. The minimum absolute atomic E-state index is 0.801. The van der Waals surface area contributed by atoms with Crippen LogP contribution in [0.5, 0.6) is 0 Å². The minimum atomic E-state index is 0.801. The maximum Gasteiger partial charge on any atom is 0.124 e. The maximum atomic E-state index is 5.65. The summed E-state index contributed by atoms with van der Waals surface area (Å²) in [7, 11) is 1.98. The molecule has 0 bridgehead atoms. The summed E-state index contributed by atoms with van der Waals surface area (Å²) in [5.41, 5.74) is 6.71. The molecule has 4 heteroatoms. The van der Waals surface area contributed by atoms with Crippen LogP contribution in [0, 0.1) is 12.8 Å². The Morgan fingerprint density at radius 3 is 2.72 bits per heavy atom. The summed E-state index contributed by atoms with van der Waals surface area (Å²) in [5, 5.41) is 7.76. The van der Waals surface area contributed by atoms with Gasteiger partial charge < -0.3 is 11.1 Å². The molecule has 0 aliphatic heterocycles. The van der Waals surface area contributed by atoms with Crippen LogP contribution in [0.4, 0.5) is 5.82 Å². The zero-order valence-electron chi connectivity index (χ0n) is 12.1. The molecule has 4 nitrogen and oxygen atoms in total. The van der Waals surface area contributed by atoms with E-state index in [9.17, 15) is 0 Å². The monoisotopic (exact) mass is 252 g/mol. The minimum Gasteiger partial charge on any atom is -0.370 e. The molecule has 3 N–H and O–H groups in total. The summed E-state index contributed by atoms with van der Waals surface area (Å²) in [6.45, 7) is 6.10. The molecule has 0 aromatic carbocycles. The Morgan fingerprint density at radius 1 is 1.39 bits per heavy atom. The first-order valence-electron chi connectivity index (χ1n) is 7.12. The lowest BCUT2D eigenvalue weighted by atomic mass is 9.94. The number of anilines is 1. The number of hydrogen-bond acceptors (Lipinski definition) is 3. The molecule has 0 spiro atoms. The third-order valence-corrected chi connectivity index (χ3v) is 3.37. The largest absolute Gasteiger partial charge is 0.370 e. The van der Waals surface area contributed by atoms with Crippen LogP contribution >= 0.6 is 0 Å². The highest BCUT2D eigenvalue weighted by Crippen LogP contribution is 2.17. The van der Waals surface area contributed by atoms with Crippen molar-refractivity contribution in [2.75, 3.05) is 18.4 Å². The second-order valence-electron chi connectivity index (χ2n) is 5.10. The fourth-order valence-corrected chi connectivity index (χ4v) is 2.46. The Kier molecular flexibility index (Phi) is 6.80. The van der Waals surface area contributed by atoms with E-state index in [1.165, 1.54) is 32.1 Å². The zero-order chi connectivity index (χ0) is 13.4. The van der Waals surface area contributed by atoms with Crippen molar-refractivity contribution in [2.24, 2.45) is 18.7 Å². The van der Waals surface area contributed by atoms with Crippen molar-refractivity contribution in [3.63, 3.8) is 0 Å². The van der Waals surface area contributed by atoms with E-state index in [0.29, 0.717) is 0 Å². The number of rotatable bonds is 9. The van der Waals surface area contributed by atoms with Crippen LogP contribution in [0.15, 0.2) is 6.07 Å². The second-order valence-corrected chi connectivity index (χ2v) is 5.10. The highest BCUT2D eigenvalue weighted by molar-refractivity contribution is 5.36. The highest BCUT2D eigenvalue weighted by Gasteiger charge is 2.06. The standard InChI is InChI=1S/C14H28N4/c1-4-6-13(8-9-15)7-5-10-16-14-11-12(2)17-18(14)3/h11,13,16H,4-10,15H2,1-3H3. The first kappa shape index (κ1) is 15.0. The van der Waals surface area contributed by atoms with E-state index in [1.54, 1.807) is 0 Å². The topological polar surface area (TPSA) is 55.9 Å². The Bertz CT molecular complexity index is 327. The van der Waals surface area contributed by atoms with Gasteiger partial charge in [-0.2, -0.15) is 5.10 Å². The van der Waals surface area contributed by atoms with Gasteiger partial charge in [-0.3, -0.25) is 4.68 Å². The van der Waals surface area contributed by atoms with E-state index in [-0.39, 0.29) is 0 Å². The van der Waals surface area contributed by atoms with Crippen LogP contribution in [-0.4, -0.2) is 22.9 Å². The fourth-order valence-electron chi connectivity index (χ4n) is 2.46. The van der Waals surface area contributed by atoms with Crippen molar-refractivity contribution in [1.29, 1.82) is 0 Å². The maximum absolute atomic E-state index is 5.65. The molecule has 1 heterocycles. The van der Waals surface area contributed by atoms with Gasteiger partial charge >= 0.3 is 0 Å². The smallest absolute Gasteiger partial charge is 0.124 e. The molecule has 104 valence electrons. The number of hydrogen-bond donors (Lipinski definition) is 2. The van der Waals surface area contributed by atoms with Gasteiger partial charge in [-0.1, -0.05) is 19.8 Å². The average molecular weight is 252 g/mol. The van der Waals surface area contributed by atoms with Crippen LogP contribution in [0.1, 0.15) is 44.7 Å². The average Bonchev–Trinajstić information content (AvgIpc) is 2.64. The Morgan fingerprint density at radius 2 is 2.17 bits per heavy atom. The van der Waals surface area contributed by atoms with E-state index in [1.807, 2.05) is 18.7 Å². The van der Waals surface area contributed by atoms with E-state index >= 15 is 0 Å². The molecule has 0 aliphatic carbocycles. The fraction of sp³-hybridized carbons (Fsp3) is 0.786. The van der Waals surface area contributed by atoms with Crippen molar-refractivity contribution in [1.82, 2.24) is 9.78 Å². The molecular weight excluding hydrogens is 224 g/mol. The Labute approximate surface area is 111 Å². The van der Waals surface area contributed by atoms with Gasteiger partial charge in [0.25, 0.3) is 0 Å². The van der Waals surface area contributed by atoms with E-state index in [4.69, 9.17) is 5.73 Å². The zero-order valence-corrected chi connectivity index (χ0v) is 12.1. The lowest BCUT2D eigenvalue weighted by Gasteiger charge is -2.15. The Hall–Kier alpha value is -1.03. The number of nitrogens with two attached hydrogens (primary N) is 1.